The van der Waals surface area contributed by atoms with Gasteiger partial charge in [-0.25, -0.2) is 9.18 Å². The summed E-state index contributed by atoms with van der Waals surface area (Å²) in [6.07, 6.45) is 1.98. The van der Waals surface area contributed by atoms with E-state index in [-0.39, 0.29) is 23.1 Å². The number of anilines is 1. The van der Waals surface area contributed by atoms with Crippen LogP contribution in [0.3, 0.4) is 0 Å². The summed E-state index contributed by atoms with van der Waals surface area (Å²) in [5, 5.41) is 11.2. The molecule has 5 nitrogen and oxygen atoms in total. The Morgan fingerprint density at radius 1 is 1.35 bits per heavy atom. The Bertz CT molecular complexity index is 512. The third-order valence-corrected chi connectivity index (χ3v) is 3.31. The molecule has 1 saturated heterocycles. The standard InChI is InChI=1S/C14H16FNO4/c15-11-8-10(14(18)19)1-2-12(11)16-13(17)7-9-3-5-20-6-4-9/h1-2,8-9H,3-7H2,(H,16,17)(H,18,19). The molecule has 0 atom stereocenters. The number of carbonyl (C=O) groups is 2. The molecule has 0 radical (unpaired) electrons. The molecule has 2 N–H and O–H groups in total. The summed E-state index contributed by atoms with van der Waals surface area (Å²) >= 11 is 0. The number of halogens is 1. The average molecular weight is 281 g/mol. The van der Waals surface area contributed by atoms with Crippen LogP contribution in [0.5, 0.6) is 0 Å². The molecule has 0 bridgehead atoms. The van der Waals surface area contributed by atoms with E-state index >= 15 is 0 Å². The molecule has 1 aliphatic heterocycles. The second-order valence-corrected chi connectivity index (χ2v) is 4.81. The Morgan fingerprint density at radius 3 is 2.65 bits per heavy atom. The van der Waals surface area contributed by atoms with Crippen molar-refractivity contribution in [1.29, 1.82) is 0 Å². The lowest BCUT2D eigenvalue weighted by molar-refractivity contribution is -0.117. The second kappa shape index (κ2) is 6.47. The van der Waals surface area contributed by atoms with Gasteiger partial charge in [0, 0.05) is 19.6 Å². The van der Waals surface area contributed by atoms with Crippen molar-refractivity contribution in [2.24, 2.45) is 5.92 Å². The van der Waals surface area contributed by atoms with E-state index in [1.165, 1.54) is 12.1 Å². The van der Waals surface area contributed by atoms with Gasteiger partial charge in [-0.3, -0.25) is 4.79 Å². The van der Waals surface area contributed by atoms with Crippen molar-refractivity contribution in [1.82, 2.24) is 0 Å². The number of aromatic carboxylic acids is 1. The number of carboxylic acid groups (broad SMARTS) is 1. The Hall–Kier alpha value is -1.95. The smallest absolute Gasteiger partial charge is 0.335 e. The summed E-state index contributed by atoms with van der Waals surface area (Å²) in [6, 6.07) is 3.42. The molecule has 2 rings (SSSR count). The lowest BCUT2D eigenvalue weighted by Gasteiger charge is -2.21. The van der Waals surface area contributed by atoms with E-state index in [4.69, 9.17) is 9.84 Å². The zero-order valence-corrected chi connectivity index (χ0v) is 10.9. The van der Waals surface area contributed by atoms with Gasteiger partial charge in [0.05, 0.1) is 11.3 Å². The maximum absolute atomic E-state index is 13.7. The predicted octanol–water partition coefficient (Wildman–Crippen LogP) is 2.28. The Balaban J connectivity index is 1.95. The normalized spacial score (nSPS) is 15.8. The van der Waals surface area contributed by atoms with Crippen molar-refractivity contribution >= 4 is 17.6 Å². The molecule has 1 aromatic rings. The SMILES string of the molecule is O=C(CC1CCOCC1)Nc1ccc(C(=O)O)cc1F. The minimum atomic E-state index is -1.20. The fourth-order valence-corrected chi connectivity index (χ4v) is 2.16. The summed E-state index contributed by atoms with van der Waals surface area (Å²) in [5.41, 5.74) is -0.142. The first-order chi connectivity index (χ1) is 9.56. The van der Waals surface area contributed by atoms with Gasteiger partial charge in [-0.05, 0) is 37.0 Å². The Labute approximate surface area is 115 Å². The van der Waals surface area contributed by atoms with Crippen LogP contribution in [0.25, 0.3) is 0 Å². The predicted molar refractivity (Wildman–Crippen MR) is 70.1 cm³/mol. The van der Waals surface area contributed by atoms with Gasteiger partial charge in [-0.1, -0.05) is 0 Å². The molecule has 108 valence electrons. The fourth-order valence-electron chi connectivity index (χ4n) is 2.16. The highest BCUT2D eigenvalue weighted by Crippen LogP contribution is 2.21. The molecule has 1 aliphatic rings. The van der Waals surface area contributed by atoms with Gasteiger partial charge in [0.1, 0.15) is 5.82 Å². The summed E-state index contributed by atoms with van der Waals surface area (Å²) in [4.78, 5) is 22.5. The van der Waals surface area contributed by atoms with Crippen molar-refractivity contribution in [3.63, 3.8) is 0 Å². The molecule has 1 fully saturated rings. The van der Waals surface area contributed by atoms with E-state index in [0.717, 1.165) is 18.9 Å². The van der Waals surface area contributed by atoms with Crippen LogP contribution in [0.1, 0.15) is 29.6 Å². The van der Waals surface area contributed by atoms with Gasteiger partial charge in [-0.15, -0.1) is 0 Å². The number of nitrogens with one attached hydrogen (secondary N) is 1. The third-order valence-electron chi connectivity index (χ3n) is 3.31. The van der Waals surface area contributed by atoms with E-state index < -0.39 is 11.8 Å². The van der Waals surface area contributed by atoms with Crippen LogP contribution < -0.4 is 5.32 Å². The molecule has 0 saturated carbocycles. The molecular formula is C14H16FNO4. The molecule has 1 aromatic carbocycles. The molecule has 1 amide bonds. The van der Waals surface area contributed by atoms with Crippen LogP contribution >= 0.6 is 0 Å². The number of benzene rings is 1. The van der Waals surface area contributed by atoms with Crippen molar-refractivity contribution in [2.75, 3.05) is 18.5 Å². The molecule has 0 spiro atoms. The lowest BCUT2D eigenvalue weighted by Crippen LogP contribution is -2.22. The van der Waals surface area contributed by atoms with Crippen molar-refractivity contribution < 1.29 is 23.8 Å². The number of hydrogen-bond acceptors (Lipinski definition) is 3. The first-order valence-electron chi connectivity index (χ1n) is 6.46. The Kier molecular flexibility index (Phi) is 4.68. The number of carbonyl (C=O) groups excluding carboxylic acids is 1. The summed E-state index contributed by atoms with van der Waals surface area (Å²) < 4.78 is 18.9. The van der Waals surface area contributed by atoms with Gasteiger partial charge in [0.15, 0.2) is 0 Å². The van der Waals surface area contributed by atoms with Crippen LogP contribution in [-0.4, -0.2) is 30.2 Å². The molecule has 20 heavy (non-hydrogen) atoms. The monoisotopic (exact) mass is 281 g/mol. The first kappa shape index (κ1) is 14.5. The highest BCUT2D eigenvalue weighted by molar-refractivity contribution is 5.92. The zero-order chi connectivity index (χ0) is 14.5. The second-order valence-electron chi connectivity index (χ2n) is 4.81. The van der Waals surface area contributed by atoms with Gasteiger partial charge >= 0.3 is 5.97 Å². The van der Waals surface area contributed by atoms with Crippen LogP contribution in [0.2, 0.25) is 0 Å². The largest absolute Gasteiger partial charge is 0.478 e. The van der Waals surface area contributed by atoms with Gasteiger partial charge in [-0.2, -0.15) is 0 Å². The molecule has 0 aromatic heterocycles. The maximum atomic E-state index is 13.7. The minimum absolute atomic E-state index is 0.00654. The lowest BCUT2D eigenvalue weighted by atomic mass is 9.96. The van der Waals surface area contributed by atoms with Gasteiger partial charge in [0.2, 0.25) is 5.91 Å². The van der Waals surface area contributed by atoms with Crippen LogP contribution in [0.4, 0.5) is 10.1 Å². The van der Waals surface area contributed by atoms with E-state index in [2.05, 4.69) is 5.32 Å². The van der Waals surface area contributed by atoms with Gasteiger partial charge in [0.25, 0.3) is 0 Å². The van der Waals surface area contributed by atoms with Gasteiger partial charge < -0.3 is 15.2 Å². The summed E-state index contributed by atoms with van der Waals surface area (Å²) in [5.74, 6) is -1.96. The minimum Gasteiger partial charge on any atom is -0.478 e. The molecule has 6 heteroatoms. The average Bonchev–Trinajstić information content (AvgIpc) is 2.42. The molecule has 1 heterocycles. The van der Waals surface area contributed by atoms with Crippen LogP contribution in [0.15, 0.2) is 18.2 Å². The van der Waals surface area contributed by atoms with E-state index in [0.29, 0.717) is 19.6 Å². The van der Waals surface area contributed by atoms with Crippen LogP contribution in [-0.2, 0) is 9.53 Å². The Morgan fingerprint density at radius 2 is 2.05 bits per heavy atom. The van der Waals surface area contributed by atoms with Crippen LogP contribution in [0, 0.1) is 11.7 Å². The molecule has 0 unspecified atom stereocenters. The number of amides is 1. The van der Waals surface area contributed by atoms with E-state index in [1.807, 2.05) is 0 Å². The fraction of sp³-hybridized carbons (Fsp3) is 0.429. The quantitative estimate of drug-likeness (QED) is 0.887. The van der Waals surface area contributed by atoms with E-state index in [9.17, 15) is 14.0 Å². The zero-order valence-electron chi connectivity index (χ0n) is 10.9. The highest BCUT2D eigenvalue weighted by atomic mass is 19.1. The molecule has 0 aliphatic carbocycles. The molecular weight excluding hydrogens is 265 g/mol. The number of rotatable bonds is 4. The van der Waals surface area contributed by atoms with Crippen molar-refractivity contribution in [2.45, 2.75) is 19.3 Å². The van der Waals surface area contributed by atoms with Crippen molar-refractivity contribution in [3.05, 3.63) is 29.6 Å². The summed E-state index contributed by atoms with van der Waals surface area (Å²) in [6.45, 7) is 1.30. The first-order valence-corrected chi connectivity index (χ1v) is 6.46. The van der Waals surface area contributed by atoms with E-state index in [1.54, 1.807) is 0 Å². The highest BCUT2D eigenvalue weighted by Gasteiger charge is 2.18. The number of ether oxygens (including phenoxy) is 1. The number of hydrogen-bond donors (Lipinski definition) is 2. The third kappa shape index (κ3) is 3.77. The summed E-state index contributed by atoms with van der Waals surface area (Å²) in [7, 11) is 0. The topological polar surface area (TPSA) is 75.6 Å². The number of carboxylic acids is 1. The van der Waals surface area contributed by atoms with Crippen molar-refractivity contribution in [3.8, 4) is 0 Å². The maximum Gasteiger partial charge on any atom is 0.335 e.